The summed E-state index contributed by atoms with van der Waals surface area (Å²) < 4.78 is 5.99. The third kappa shape index (κ3) is 6.35. The van der Waals surface area contributed by atoms with E-state index in [-0.39, 0.29) is 25.0 Å². The highest BCUT2D eigenvalue weighted by Crippen LogP contribution is 2.36. The zero-order chi connectivity index (χ0) is 29.2. The van der Waals surface area contributed by atoms with Crippen molar-refractivity contribution in [3.63, 3.8) is 0 Å². The molecule has 0 unspecified atom stereocenters. The summed E-state index contributed by atoms with van der Waals surface area (Å²) in [6, 6.07) is 21.4. The number of benzene rings is 3. The largest absolute Gasteiger partial charge is 0.483 e. The molecule has 2 saturated carbocycles. The average molecular weight is 575 g/mol. The SMILES string of the molecule is O=C(COc1ccccc1-c1nc(N(CC(=O)NCC2CC2)c2ccc3c(c2)C=NC3)c2ccccc2n1)NCC1CC1. The van der Waals surface area contributed by atoms with E-state index in [1.807, 2.05) is 65.7 Å². The fourth-order valence-electron chi connectivity index (χ4n) is 5.26. The Morgan fingerprint density at radius 3 is 2.42 bits per heavy atom. The maximum Gasteiger partial charge on any atom is 0.257 e. The molecule has 218 valence electrons. The van der Waals surface area contributed by atoms with Crippen LogP contribution in [0, 0.1) is 11.8 Å². The predicted octanol–water partition coefficient (Wildman–Crippen LogP) is 4.80. The van der Waals surface area contributed by atoms with Crippen LogP contribution in [0.2, 0.25) is 0 Å². The molecule has 2 heterocycles. The van der Waals surface area contributed by atoms with Crippen molar-refractivity contribution in [1.82, 2.24) is 20.6 Å². The Hall–Kier alpha value is -4.79. The molecule has 4 aromatic rings. The summed E-state index contributed by atoms with van der Waals surface area (Å²) >= 11 is 0. The highest BCUT2D eigenvalue weighted by Gasteiger charge is 2.25. The zero-order valence-corrected chi connectivity index (χ0v) is 24.0. The summed E-state index contributed by atoms with van der Waals surface area (Å²) in [6.45, 7) is 2.06. The van der Waals surface area contributed by atoms with Crippen LogP contribution in [0.3, 0.4) is 0 Å². The minimum Gasteiger partial charge on any atom is -0.483 e. The van der Waals surface area contributed by atoms with E-state index in [0.717, 1.165) is 40.6 Å². The van der Waals surface area contributed by atoms with Crippen LogP contribution in [0.4, 0.5) is 11.5 Å². The van der Waals surface area contributed by atoms with Crippen molar-refractivity contribution in [2.75, 3.05) is 31.1 Å². The second-order valence-corrected chi connectivity index (χ2v) is 11.6. The Balaban J connectivity index is 1.25. The molecule has 1 aliphatic heterocycles. The van der Waals surface area contributed by atoms with Crippen LogP contribution in [-0.4, -0.2) is 54.2 Å². The van der Waals surface area contributed by atoms with Gasteiger partial charge in [-0.3, -0.25) is 14.6 Å². The summed E-state index contributed by atoms with van der Waals surface area (Å²) in [6.07, 6.45) is 6.55. The van der Waals surface area contributed by atoms with Crippen molar-refractivity contribution in [3.05, 3.63) is 77.9 Å². The van der Waals surface area contributed by atoms with Crippen LogP contribution >= 0.6 is 0 Å². The molecule has 9 nitrogen and oxygen atoms in total. The zero-order valence-electron chi connectivity index (χ0n) is 24.0. The van der Waals surface area contributed by atoms with Crippen molar-refractivity contribution in [3.8, 4) is 17.1 Å². The van der Waals surface area contributed by atoms with Crippen LogP contribution in [-0.2, 0) is 16.1 Å². The first kappa shape index (κ1) is 27.1. The Morgan fingerprint density at radius 1 is 0.860 bits per heavy atom. The number of ether oxygens (including phenoxy) is 1. The molecule has 0 bridgehead atoms. The summed E-state index contributed by atoms with van der Waals surface area (Å²) in [5.74, 6) is 2.55. The number of rotatable bonds is 12. The molecule has 3 aromatic carbocycles. The Morgan fingerprint density at radius 2 is 1.60 bits per heavy atom. The topological polar surface area (TPSA) is 109 Å². The molecular formula is C34H34N6O3. The maximum absolute atomic E-state index is 13.3. The lowest BCUT2D eigenvalue weighted by Gasteiger charge is -2.26. The molecule has 43 heavy (non-hydrogen) atoms. The van der Waals surface area contributed by atoms with Crippen molar-refractivity contribution in [1.29, 1.82) is 0 Å². The number of nitrogens with one attached hydrogen (secondary N) is 2. The molecule has 3 aliphatic rings. The number of hydrogen-bond acceptors (Lipinski definition) is 7. The first-order chi connectivity index (χ1) is 21.1. The summed E-state index contributed by atoms with van der Waals surface area (Å²) in [7, 11) is 0. The quantitative estimate of drug-likeness (QED) is 0.252. The van der Waals surface area contributed by atoms with Gasteiger partial charge in [-0.2, -0.15) is 0 Å². The van der Waals surface area contributed by atoms with E-state index >= 15 is 0 Å². The molecule has 0 radical (unpaired) electrons. The highest BCUT2D eigenvalue weighted by molar-refractivity contribution is 5.96. The van der Waals surface area contributed by atoms with E-state index < -0.39 is 0 Å². The Bertz CT molecular complexity index is 1710. The molecule has 2 aliphatic carbocycles. The number of aromatic nitrogens is 2. The van der Waals surface area contributed by atoms with Crippen molar-refractivity contribution in [2.45, 2.75) is 32.2 Å². The van der Waals surface area contributed by atoms with Crippen LogP contribution in [0.15, 0.2) is 71.7 Å². The van der Waals surface area contributed by atoms with Gasteiger partial charge in [-0.15, -0.1) is 0 Å². The number of anilines is 2. The monoisotopic (exact) mass is 574 g/mol. The molecule has 2 amide bonds. The molecular weight excluding hydrogens is 540 g/mol. The number of carbonyl (C=O) groups is 2. The van der Waals surface area contributed by atoms with Gasteiger partial charge in [0.25, 0.3) is 5.91 Å². The third-order valence-corrected chi connectivity index (χ3v) is 8.13. The molecule has 9 heteroatoms. The molecule has 1 aromatic heterocycles. The Labute approximate surface area is 250 Å². The fourth-order valence-corrected chi connectivity index (χ4v) is 5.26. The van der Waals surface area contributed by atoms with E-state index in [0.29, 0.717) is 54.4 Å². The van der Waals surface area contributed by atoms with E-state index in [9.17, 15) is 9.59 Å². The number of aliphatic imine (C=N–C) groups is 1. The molecule has 2 N–H and O–H groups in total. The minimum absolute atomic E-state index is 0.0637. The summed E-state index contributed by atoms with van der Waals surface area (Å²) in [4.78, 5) is 42.1. The van der Waals surface area contributed by atoms with E-state index in [4.69, 9.17) is 14.7 Å². The van der Waals surface area contributed by atoms with Crippen LogP contribution in [0.25, 0.3) is 22.3 Å². The van der Waals surface area contributed by atoms with Crippen LogP contribution < -0.4 is 20.3 Å². The molecule has 2 fully saturated rings. The summed E-state index contributed by atoms with van der Waals surface area (Å²) in [5, 5.41) is 6.89. The van der Waals surface area contributed by atoms with E-state index in [2.05, 4.69) is 27.8 Å². The van der Waals surface area contributed by atoms with Crippen molar-refractivity contribution in [2.24, 2.45) is 16.8 Å². The van der Waals surface area contributed by atoms with Crippen molar-refractivity contribution >= 4 is 40.4 Å². The van der Waals surface area contributed by atoms with E-state index in [1.165, 1.54) is 12.8 Å². The molecule has 0 spiro atoms. The second-order valence-electron chi connectivity index (χ2n) is 11.6. The van der Waals surface area contributed by atoms with Gasteiger partial charge < -0.3 is 20.3 Å². The standard InChI is InChI=1S/C34H34N6O3/c41-31(36-16-22-9-10-22)20-40(26-14-13-24-18-35-19-25(24)15-26)34-27-5-1-3-7-29(27)38-33(39-34)28-6-2-4-8-30(28)43-21-32(42)37-17-23-11-12-23/h1-8,13-15,19,22-23H,9-12,16-18,20-21H2,(H,36,41)(H,37,42). The number of fused-ring (bicyclic) bond motifs is 2. The van der Waals surface area contributed by atoms with Gasteiger partial charge in [0.1, 0.15) is 18.1 Å². The fraction of sp³-hybridized carbons (Fsp3) is 0.324. The summed E-state index contributed by atoms with van der Waals surface area (Å²) in [5.41, 5.74) is 4.45. The Kier molecular flexibility index (Phi) is 7.45. The maximum atomic E-state index is 13.3. The minimum atomic E-state index is -0.148. The third-order valence-electron chi connectivity index (χ3n) is 8.13. The number of para-hydroxylation sites is 2. The van der Waals surface area contributed by atoms with Gasteiger partial charge in [-0.1, -0.05) is 30.3 Å². The first-order valence-corrected chi connectivity index (χ1v) is 15.0. The van der Waals surface area contributed by atoms with Gasteiger partial charge in [0.05, 0.1) is 17.6 Å². The lowest BCUT2D eigenvalue weighted by molar-refractivity contribution is -0.123. The van der Waals surface area contributed by atoms with Gasteiger partial charge in [-0.05, 0) is 85.0 Å². The predicted molar refractivity (Wildman–Crippen MR) is 167 cm³/mol. The first-order valence-electron chi connectivity index (χ1n) is 15.0. The molecule has 7 rings (SSSR count). The van der Waals surface area contributed by atoms with Gasteiger partial charge in [0.2, 0.25) is 5.91 Å². The number of hydrogen-bond donors (Lipinski definition) is 2. The normalized spacial score (nSPS) is 15.3. The van der Waals surface area contributed by atoms with Gasteiger partial charge in [-0.25, -0.2) is 9.97 Å². The van der Waals surface area contributed by atoms with Crippen LogP contribution in [0.5, 0.6) is 5.75 Å². The van der Waals surface area contributed by atoms with Gasteiger partial charge in [0, 0.05) is 30.4 Å². The lowest BCUT2D eigenvalue weighted by atomic mass is 10.1. The molecule has 0 saturated heterocycles. The van der Waals surface area contributed by atoms with Crippen molar-refractivity contribution < 1.29 is 14.3 Å². The van der Waals surface area contributed by atoms with E-state index in [1.54, 1.807) is 0 Å². The molecule has 0 atom stereocenters. The van der Waals surface area contributed by atoms with Gasteiger partial charge >= 0.3 is 0 Å². The number of carbonyl (C=O) groups excluding carboxylic acids is 2. The van der Waals surface area contributed by atoms with Gasteiger partial charge in [0.15, 0.2) is 12.4 Å². The number of nitrogens with zero attached hydrogens (tertiary/aromatic N) is 4. The smallest absolute Gasteiger partial charge is 0.257 e. The second kappa shape index (κ2) is 11.8. The average Bonchev–Trinajstić information content (AvgIpc) is 3.98. The highest BCUT2D eigenvalue weighted by atomic mass is 16.5. The lowest BCUT2D eigenvalue weighted by Crippen LogP contribution is -2.36. The van der Waals surface area contributed by atoms with Crippen LogP contribution in [0.1, 0.15) is 36.8 Å². The number of amides is 2.